The molecule has 0 aromatic heterocycles. The first-order valence-corrected chi connectivity index (χ1v) is 15.5. The number of ether oxygens (including phenoxy) is 1. The molecule has 0 saturated heterocycles. The SMILES string of the molecule is COC(=O)C1=C[C@H](O[Si](C)(C)C(C)(C)C)C[C@H](O[Si](C)(C)C(C)(C)C)C1. The Balaban J connectivity index is 3.06. The van der Waals surface area contributed by atoms with Gasteiger partial charge in [-0.3, -0.25) is 0 Å². The van der Waals surface area contributed by atoms with Gasteiger partial charge in [0.25, 0.3) is 0 Å². The Morgan fingerprint density at radius 1 is 0.962 bits per heavy atom. The number of methoxy groups -OCH3 is 1. The van der Waals surface area contributed by atoms with E-state index in [4.69, 9.17) is 13.6 Å². The van der Waals surface area contributed by atoms with Crippen LogP contribution >= 0.6 is 0 Å². The molecule has 0 spiro atoms. The second-order valence-electron chi connectivity index (χ2n) is 10.5. The standard InChI is InChI=1S/C20H40O4Si2/c1-19(2,3)25(8,9)23-16-12-15(18(21)22-7)13-17(14-16)24-26(10,11)20(4,5)6/h12,16-17H,13-14H2,1-11H3/t16-,17+/m0/s1. The molecular formula is C20H40O4Si2. The Morgan fingerprint density at radius 3 is 1.85 bits per heavy atom. The topological polar surface area (TPSA) is 44.8 Å². The van der Waals surface area contributed by atoms with Crippen LogP contribution in [0.15, 0.2) is 11.6 Å². The van der Waals surface area contributed by atoms with Gasteiger partial charge in [-0.05, 0) is 42.3 Å². The predicted octanol–water partition coefficient (Wildman–Crippen LogP) is 5.66. The second-order valence-corrected chi connectivity index (χ2v) is 20.1. The summed E-state index contributed by atoms with van der Waals surface area (Å²) in [5, 5.41) is 0.259. The van der Waals surface area contributed by atoms with Crippen molar-refractivity contribution in [3.63, 3.8) is 0 Å². The van der Waals surface area contributed by atoms with Gasteiger partial charge < -0.3 is 13.6 Å². The minimum atomic E-state index is -1.93. The van der Waals surface area contributed by atoms with Gasteiger partial charge in [0.15, 0.2) is 16.6 Å². The third-order valence-corrected chi connectivity index (χ3v) is 15.3. The molecule has 4 nitrogen and oxygen atoms in total. The van der Waals surface area contributed by atoms with Crippen molar-refractivity contribution in [2.24, 2.45) is 0 Å². The molecule has 0 heterocycles. The van der Waals surface area contributed by atoms with Gasteiger partial charge in [-0.1, -0.05) is 41.5 Å². The quantitative estimate of drug-likeness (QED) is 0.441. The maximum atomic E-state index is 12.2. The number of hydrogen-bond acceptors (Lipinski definition) is 4. The Morgan fingerprint density at radius 2 is 1.42 bits per heavy atom. The maximum absolute atomic E-state index is 12.2. The third kappa shape index (κ3) is 5.78. The number of esters is 1. The van der Waals surface area contributed by atoms with Crippen LogP contribution in [-0.4, -0.2) is 41.9 Å². The molecule has 0 bridgehead atoms. The summed E-state index contributed by atoms with van der Waals surface area (Å²) in [6.07, 6.45) is 3.30. The van der Waals surface area contributed by atoms with Crippen LogP contribution in [0, 0.1) is 0 Å². The lowest BCUT2D eigenvalue weighted by molar-refractivity contribution is -0.136. The van der Waals surface area contributed by atoms with Crippen molar-refractivity contribution < 1.29 is 18.4 Å². The molecular weight excluding hydrogens is 360 g/mol. The van der Waals surface area contributed by atoms with E-state index in [1.165, 1.54) is 7.11 Å². The zero-order valence-corrected chi connectivity index (χ0v) is 20.8. The van der Waals surface area contributed by atoms with Crippen molar-refractivity contribution in [1.29, 1.82) is 0 Å². The summed E-state index contributed by atoms with van der Waals surface area (Å²) in [6.45, 7) is 22.4. The molecule has 152 valence electrons. The van der Waals surface area contributed by atoms with Crippen LogP contribution in [0.25, 0.3) is 0 Å². The third-order valence-electron chi connectivity index (χ3n) is 6.30. The van der Waals surface area contributed by atoms with E-state index < -0.39 is 16.6 Å². The van der Waals surface area contributed by atoms with E-state index in [9.17, 15) is 4.79 Å². The van der Waals surface area contributed by atoms with Gasteiger partial charge >= 0.3 is 5.97 Å². The summed E-state index contributed by atoms with van der Waals surface area (Å²) in [5.74, 6) is -0.266. The average Bonchev–Trinajstić information content (AvgIpc) is 2.42. The van der Waals surface area contributed by atoms with Gasteiger partial charge in [-0.25, -0.2) is 4.79 Å². The molecule has 0 aliphatic heterocycles. The average molecular weight is 401 g/mol. The van der Waals surface area contributed by atoms with Crippen LogP contribution in [0.4, 0.5) is 0 Å². The maximum Gasteiger partial charge on any atom is 0.333 e. The monoisotopic (exact) mass is 400 g/mol. The Bertz CT molecular complexity index is 539. The van der Waals surface area contributed by atoms with Crippen molar-refractivity contribution in [1.82, 2.24) is 0 Å². The second kappa shape index (κ2) is 7.90. The summed E-state index contributed by atoms with van der Waals surface area (Å²) in [4.78, 5) is 12.2. The van der Waals surface area contributed by atoms with E-state index >= 15 is 0 Å². The number of carbonyl (C=O) groups excluding carboxylic acids is 1. The van der Waals surface area contributed by atoms with E-state index in [0.29, 0.717) is 12.0 Å². The molecule has 0 aromatic rings. The Labute approximate surface area is 162 Å². The van der Waals surface area contributed by atoms with Crippen molar-refractivity contribution in [2.75, 3.05) is 7.11 Å². The lowest BCUT2D eigenvalue weighted by atomic mass is 9.95. The molecule has 0 aromatic carbocycles. The fourth-order valence-electron chi connectivity index (χ4n) is 2.55. The van der Waals surface area contributed by atoms with Crippen LogP contribution in [-0.2, 0) is 18.4 Å². The summed E-state index contributed by atoms with van der Waals surface area (Å²) in [6, 6.07) is 0. The molecule has 26 heavy (non-hydrogen) atoms. The number of hydrogen-bond donors (Lipinski definition) is 0. The summed E-state index contributed by atoms with van der Waals surface area (Å²) in [7, 11) is -2.41. The van der Waals surface area contributed by atoms with E-state index in [2.05, 4.69) is 67.7 Å². The van der Waals surface area contributed by atoms with Crippen LogP contribution in [0.2, 0.25) is 36.3 Å². The molecule has 6 heteroatoms. The van der Waals surface area contributed by atoms with Gasteiger partial charge in [0.1, 0.15) is 0 Å². The summed E-state index contributed by atoms with van der Waals surface area (Å²) >= 11 is 0. The Hall–Kier alpha value is -0.436. The zero-order chi connectivity index (χ0) is 20.6. The first-order valence-electron chi connectivity index (χ1n) is 9.65. The van der Waals surface area contributed by atoms with Gasteiger partial charge in [0.2, 0.25) is 0 Å². The van der Waals surface area contributed by atoms with Crippen LogP contribution in [0.1, 0.15) is 54.4 Å². The number of carbonyl (C=O) groups is 1. The van der Waals surface area contributed by atoms with Crippen LogP contribution in [0.5, 0.6) is 0 Å². The summed E-state index contributed by atoms with van der Waals surface area (Å²) < 4.78 is 18.2. The summed E-state index contributed by atoms with van der Waals surface area (Å²) in [5.41, 5.74) is 0.686. The largest absolute Gasteiger partial charge is 0.466 e. The van der Waals surface area contributed by atoms with E-state index in [0.717, 1.165) is 6.42 Å². The van der Waals surface area contributed by atoms with Gasteiger partial charge in [-0.2, -0.15) is 0 Å². The molecule has 1 aliphatic rings. The molecule has 0 fully saturated rings. The first-order chi connectivity index (χ1) is 11.5. The minimum Gasteiger partial charge on any atom is -0.466 e. The normalized spacial score (nSPS) is 22.8. The van der Waals surface area contributed by atoms with Gasteiger partial charge in [0, 0.05) is 18.4 Å². The highest BCUT2D eigenvalue weighted by Crippen LogP contribution is 2.41. The highest BCUT2D eigenvalue weighted by atomic mass is 28.4. The van der Waals surface area contributed by atoms with E-state index in [-0.39, 0.29) is 28.3 Å². The molecule has 0 saturated carbocycles. The van der Waals surface area contributed by atoms with Crippen molar-refractivity contribution >= 4 is 22.6 Å². The van der Waals surface area contributed by atoms with Crippen LogP contribution < -0.4 is 0 Å². The fourth-order valence-corrected chi connectivity index (χ4v) is 5.19. The van der Waals surface area contributed by atoms with Gasteiger partial charge in [-0.15, -0.1) is 0 Å². The zero-order valence-electron chi connectivity index (χ0n) is 18.8. The molecule has 0 amide bonds. The Kier molecular flexibility index (Phi) is 7.17. The lowest BCUT2D eigenvalue weighted by Gasteiger charge is -2.43. The van der Waals surface area contributed by atoms with Crippen molar-refractivity contribution in [3.8, 4) is 0 Å². The number of rotatable bonds is 5. The highest BCUT2D eigenvalue weighted by molar-refractivity contribution is 6.74. The van der Waals surface area contributed by atoms with Gasteiger partial charge in [0.05, 0.1) is 19.3 Å². The van der Waals surface area contributed by atoms with Crippen molar-refractivity contribution in [3.05, 3.63) is 11.6 Å². The van der Waals surface area contributed by atoms with Crippen LogP contribution in [0.3, 0.4) is 0 Å². The molecule has 1 rings (SSSR count). The molecule has 2 atom stereocenters. The van der Waals surface area contributed by atoms with E-state index in [1.807, 2.05) is 6.08 Å². The predicted molar refractivity (Wildman–Crippen MR) is 113 cm³/mol. The molecule has 1 aliphatic carbocycles. The fraction of sp³-hybridized carbons (Fsp3) is 0.850. The van der Waals surface area contributed by atoms with Crippen molar-refractivity contribution in [2.45, 2.75) is 103 Å². The highest BCUT2D eigenvalue weighted by Gasteiger charge is 2.43. The first kappa shape index (κ1) is 23.6. The van der Waals surface area contributed by atoms with E-state index in [1.54, 1.807) is 0 Å². The molecule has 0 unspecified atom stereocenters. The smallest absolute Gasteiger partial charge is 0.333 e. The molecule has 0 radical (unpaired) electrons. The molecule has 0 N–H and O–H groups in total. The lowest BCUT2D eigenvalue weighted by Crippen LogP contribution is -2.48. The minimum absolute atomic E-state index is 0.00441.